The molecule has 0 unspecified atom stereocenters. The Labute approximate surface area is 143 Å². The molecule has 4 nitrogen and oxygen atoms in total. The van der Waals surface area contributed by atoms with E-state index in [2.05, 4.69) is 22.5 Å². The van der Waals surface area contributed by atoms with Gasteiger partial charge in [0, 0.05) is 24.1 Å². The molecule has 2 aromatic rings. The first kappa shape index (κ1) is 16.5. The lowest BCUT2D eigenvalue weighted by molar-refractivity contribution is 0.235. The fraction of sp³-hybridized carbons (Fsp3) is 0.400. The molecule has 1 aliphatic carbocycles. The highest BCUT2D eigenvalue weighted by Crippen LogP contribution is 2.26. The predicted octanol–water partition coefficient (Wildman–Crippen LogP) is 4.84. The molecule has 0 radical (unpaired) electrons. The second-order valence-electron chi connectivity index (χ2n) is 6.60. The van der Waals surface area contributed by atoms with Crippen molar-refractivity contribution in [1.29, 1.82) is 0 Å². The quantitative estimate of drug-likeness (QED) is 0.846. The first-order valence-electron chi connectivity index (χ1n) is 8.80. The molecule has 2 N–H and O–H groups in total. The number of urea groups is 1. The smallest absolute Gasteiger partial charge is 0.319 e. The maximum absolute atomic E-state index is 12.2. The summed E-state index contributed by atoms with van der Waals surface area (Å²) >= 11 is 0. The van der Waals surface area contributed by atoms with E-state index in [0.29, 0.717) is 5.92 Å². The van der Waals surface area contributed by atoms with Gasteiger partial charge in [-0.2, -0.15) is 0 Å². The average Bonchev–Trinajstić information content (AvgIpc) is 2.64. The van der Waals surface area contributed by atoms with Gasteiger partial charge in [0.2, 0.25) is 0 Å². The van der Waals surface area contributed by atoms with Crippen LogP contribution in [0.5, 0.6) is 0 Å². The number of nitrogens with one attached hydrogen (secondary N) is 2. The van der Waals surface area contributed by atoms with Crippen molar-refractivity contribution in [2.24, 2.45) is 5.92 Å². The van der Waals surface area contributed by atoms with Crippen molar-refractivity contribution in [3.8, 4) is 11.1 Å². The Balaban J connectivity index is 1.54. The molecule has 1 aromatic carbocycles. The molecule has 1 aliphatic rings. The van der Waals surface area contributed by atoms with Gasteiger partial charge >= 0.3 is 6.03 Å². The molecule has 0 bridgehead atoms. The van der Waals surface area contributed by atoms with Crippen LogP contribution >= 0.6 is 0 Å². The van der Waals surface area contributed by atoms with Gasteiger partial charge < -0.3 is 10.6 Å². The standard InChI is InChI=1S/C20H25N3O/c1-15(16-5-3-2-4-6-16)22-20(24)23-19-9-7-17(8-10-19)18-11-13-21-14-12-18/h7-16H,2-6H2,1H3,(H2,22,23,24)/t15-/m0/s1. The van der Waals surface area contributed by atoms with Crippen molar-refractivity contribution < 1.29 is 4.79 Å². The van der Waals surface area contributed by atoms with E-state index in [4.69, 9.17) is 0 Å². The normalized spacial score (nSPS) is 16.4. The van der Waals surface area contributed by atoms with E-state index in [1.165, 1.54) is 32.1 Å². The van der Waals surface area contributed by atoms with E-state index in [9.17, 15) is 4.79 Å². The van der Waals surface area contributed by atoms with Crippen molar-refractivity contribution in [1.82, 2.24) is 10.3 Å². The summed E-state index contributed by atoms with van der Waals surface area (Å²) in [7, 11) is 0. The zero-order valence-corrected chi connectivity index (χ0v) is 14.2. The first-order valence-corrected chi connectivity index (χ1v) is 8.80. The fourth-order valence-electron chi connectivity index (χ4n) is 3.42. The molecule has 0 aliphatic heterocycles. The molecule has 24 heavy (non-hydrogen) atoms. The van der Waals surface area contributed by atoms with Gasteiger partial charge in [0.1, 0.15) is 0 Å². The van der Waals surface area contributed by atoms with Crippen LogP contribution < -0.4 is 10.6 Å². The lowest BCUT2D eigenvalue weighted by atomic mass is 9.85. The van der Waals surface area contributed by atoms with E-state index in [-0.39, 0.29) is 12.1 Å². The van der Waals surface area contributed by atoms with E-state index < -0.39 is 0 Å². The van der Waals surface area contributed by atoms with Crippen LogP contribution in [0.1, 0.15) is 39.0 Å². The summed E-state index contributed by atoms with van der Waals surface area (Å²) in [5, 5.41) is 6.01. The lowest BCUT2D eigenvalue weighted by Gasteiger charge is -2.28. The summed E-state index contributed by atoms with van der Waals surface area (Å²) in [6.07, 6.45) is 9.91. The van der Waals surface area contributed by atoms with Gasteiger partial charge in [-0.1, -0.05) is 31.4 Å². The Bertz CT molecular complexity index is 648. The molecule has 1 aromatic heterocycles. The second kappa shape index (κ2) is 7.95. The van der Waals surface area contributed by atoms with E-state index in [0.717, 1.165) is 16.8 Å². The number of hydrogen-bond acceptors (Lipinski definition) is 2. The van der Waals surface area contributed by atoms with Gasteiger partial charge in [0.15, 0.2) is 0 Å². The Morgan fingerprint density at radius 3 is 2.29 bits per heavy atom. The van der Waals surface area contributed by atoms with Crippen molar-refractivity contribution in [2.45, 2.75) is 45.1 Å². The van der Waals surface area contributed by atoms with Gasteiger partial charge in [0.25, 0.3) is 0 Å². The van der Waals surface area contributed by atoms with Crippen LogP contribution in [0, 0.1) is 5.92 Å². The fourth-order valence-corrected chi connectivity index (χ4v) is 3.42. The molecular weight excluding hydrogens is 298 g/mol. The van der Waals surface area contributed by atoms with E-state index in [1.807, 2.05) is 36.4 Å². The Kier molecular flexibility index (Phi) is 5.47. The largest absolute Gasteiger partial charge is 0.335 e. The molecule has 1 atom stereocenters. The average molecular weight is 323 g/mol. The number of hydrogen-bond donors (Lipinski definition) is 2. The van der Waals surface area contributed by atoms with Crippen LogP contribution in [0.2, 0.25) is 0 Å². The van der Waals surface area contributed by atoms with Crippen LogP contribution in [0.3, 0.4) is 0 Å². The lowest BCUT2D eigenvalue weighted by Crippen LogP contribution is -2.41. The molecule has 2 amide bonds. The number of amides is 2. The zero-order chi connectivity index (χ0) is 16.8. The van der Waals surface area contributed by atoms with E-state index in [1.54, 1.807) is 12.4 Å². The molecule has 4 heteroatoms. The third-order valence-electron chi connectivity index (χ3n) is 4.87. The molecule has 126 valence electrons. The maximum Gasteiger partial charge on any atom is 0.319 e. The number of nitrogens with zero attached hydrogens (tertiary/aromatic N) is 1. The summed E-state index contributed by atoms with van der Waals surface area (Å²) in [4.78, 5) is 16.2. The van der Waals surface area contributed by atoms with Gasteiger partial charge in [-0.15, -0.1) is 0 Å². The SMILES string of the molecule is C[C@H](NC(=O)Nc1ccc(-c2ccncc2)cc1)C1CCCCC1. The minimum Gasteiger partial charge on any atom is -0.335 e. The molecule has 0 saturated heterocycles. The number of aromatic nitrogens is 1. The highest BCUT2D eigenvalue weighted by molar-refractivity contribution is 5.89. The minimum atomic E-state index is -0.121. The molecular formula is C20H25N3O. The topological polar surface area (TPSA) is 54.0 Å². The molecule has 0 spiro atoms. The van der Waals surface area contributed by atoms with Crippen LogP contribution in [-0.4, -0.2) is 17.1 Å². The van der Waals surface area contributed by atoms with Crippen molar-refractivity contribution >= 4 is 11.7 Å². The van der Waals surface area contributed by atoms with Gasteiger partial charge in [0.05, 0.1) is 0 Å². The molecule has 1 fully saturated rings. The van der Waals surface area contributed by atoms with Crippen LogP contribution in [0.25, 0.3) is 11.1 Å². The molecule has 1 heterocycles. The third-order valence-corrected chi connectivity index (χ3v) is 4.87. The summed E-state index contributed by atoms with van der Waals surface area (Å²) in [5.41, 5.74) is 3.03. The highest BCUT2D eigenvalue weighted by Gasteiger charge is 2.21. The monoisotopic (exact) mass is 323 g/mol. The maximum atomic E-state index is 12.2. The Hall–Kier alpha value is -2.36. The van der Waals surface area contributed by atoms with E-state index >= 15 is 0 Å². The van der Waals surface area contributed by atoms with Crippen molar-refractivity contribution in [3.05, 3.63) is 48.8 Å². The number of pyridine rings is 1. The number of benzene rings is 1. The Morgan fingerprint density at radius 1 is 1.00 bits per heavy atom. The van der Waals surface area contributed by atoms with Crippen LogP contribution in [-0.2, 0) is 0 Å². The number of carbonyl (C=O) groups excluding carboxylic acids is 1. The van der Waals surface area contributed by atoms with Gasteiger partial charge in [-0.25, -0.2) is 4.79 Å². The number of carbonyl (C=O) groups is 1. The van der Waals surface area contributed by atoms with Crippen molar-refractivity contribution in [3.63, 3.8) is 0 Å². The summed E-state index contributed by atoms with van der Waals surface area (Å²) < 4.78 is 0. The van der Waals surface area contributed by atoms with Gasteiger partial charge in [-0.3, -0.25) is 4.98 Å². The van der Waals surface area contributed by atoms with Crippen LogP contribution in [0.4, 0.5) is 10.5 Å². The molecule has 1 saturated carbocycles. The van der Waals surface area contributed by atoms with Crippen LogP contribution in [0.15, 0.2) is 48.8 Å². The highest BCUT2D eigenvalue weighted by atomic mass is 16.2. The number of anilines is 1. The summed E-state index contributed by atoms with van der Waals surface area (Å²) in [6.45, 7) is 2.11. The second-order valence-corrected chi connectivity index (χ2v) is 6.60. The predicted molar refractivity (Wildman–Crippen MR) is 97.9 cm³/mol. The first-order chi connectivity index (χ1) is 11.7. The van der Waals surface area contributed by atoms with Gasteiger partial charge in [-0.05, 0) is 61.1 Å². The minimum absolute atomic E-state index is 0.121. The number of rotatable bonds is 4. The Morgan fingerprint density at radius 2 is 1.62 bits per heavy atom. The molecule has 3 rings (SSSR count). The van der Waals surface area contributed by atoms with Crippen molar-refractivity contribution in [2.75, 3.05) is 5.32 Å². The third kappa shape index (κ3) is 4.34. The summed E-state index contributed by atoms with van der Waals surface area (Å²) in [6, 6.07) is 11.9. The zero-order valence-electron chi connectivity index (χ0n) is 14.2. The summed E-state index contributed by atoms with van der Waals surface area (Å²) in [5.74, 6) is 0.610.